The first kappa shape index (κ1) is 14.1. The first-order chi connectivity index (χ1) is 8.45. The lowest BCUT2D eigenvalue weighted by atomic mass is 10.3. The Labute approximate surface area is 108 Å². The molecule has 0 aliphatic carbocycles. The van der Waals surface area contributed by atoms with Gasteiger partial charge in [0.1, 0.15) is 0 Å². The average Bonchev–Trinajstić information content (AvgIpc) is 2.30. The minimum Gasteiger partial charge on any atom is -0.464 e. The van der Waals surface area contributed by atoms with Crippen molar-refractivity contribution < 1.29 is 9.53 Å². The molecule has 0 fully saturated rings. The average molecular weight is 267 g/mol. The molecule has 6 nitrogen and oxygen atoms in total. The Morgan fingerprint density at radius 3 is 2.56 bits per heavy atom. The molecule has 18 heavy (non-hydrogen) atoms. The van der Waals surface area contributed by atoms with E-state index in [-0.39, 0.29) is 33.9 Å². The van der Waals surface area contributed by atoms with Gasteiger partial charge >= 0.3 is 5.97 Å². The van der Waals surface area contributed by atoms with Gasteiger partial charge in [0.25, 0.3) is 0 Å². The fourth-order valence-electron chi connectivity index (χ4n) is 1.07. The highest BCUT2D eigenvalue weighted by atomic mass is 32.2. The third-order valence-corrected chi connectivity index (χ3v) is 2.62. The standard InChI is InChI=1S/C11H14N4O2S/c1-17-11(16)8-10(13)15-9(12)7(14-8)5-4-6-18(2)3/h6H2,1-3H3,(H3-,12,13,15,16)/p+1. The number of ether oxygens (including phenoxy) is 1. The fourth-order valence-corrected chi connectivity index (χ4v) is 1.43. The van der Waals surface area contributed by atoms with Crippen molar-refractivity contribution in [2.75, 3.05) is 36.8 Å². The molecular weight excluding hydrogens is 252 g/mol. The van der Waals surface area contributed by atoms with Crippen LogP contribution in [0.1, 0.15) is 16.2 Å². The van der Waals surface area contributed by atoms with Crippen molar-refractivity contribution >= 4 is 28.5 Å². The molecular formula is C11H15N4O2S+. The SMILES string of the molecule is COC(=O)c1nc(C#CC[S+](C)C)c(N)nc1N. The molecule has 0 atom stereocenters. The Bertz CT molecular complexity index is 520. The van der Waals surface area contributed by atoms with Gasteiger partial charge in [-0.25, -0.2) is 14.8 Å². The summed E-state index contributed by atoms with van der Waals surface area (Å²) in [5, 5.41) is 0. The molecule has 0 spiro atoms. The molecule has 7 heteroatoms. The van der Waals surface area contributed by atoms with Gasteiger partial charge in [0.2, 0.25) is 0 Å². The van der Waals surface area contributed by atoms with Crippen molar-refractivity contribution in [3.63, 3.8) is 0 Å². The number of nitrogen functional groups attached to an aromatic ring is 2. The summed E-state index contributed by atoms with van der Waals surface area (Å²) in [5.74, 6) is 5.85. The van der Waals surface area contributed by atoms with Crippen molar-refractivity contribution in [1.29, 1.82) is 0 Å². The Morgan fingerprint density at radius 2 is 2.00 bits per heavy atom. The molecule has 4 N–H and O–H groups in total. The molecule has 0 aliphatic rings. The normalized spacial score (nSPS) is 9.78. The number of hydrogen-bond acceptors (Lipinski definition) is 6. The summed E-state index contributed by atoms with van der Waals surface area (Å²) in [7, 11) is 1.45. The molecule has 0 bridgehead atoms. The number of methoxy groups -OCH3 is 1. The molecule has 0 unspecified atom stereocenters. The van der Waals surface area contributed by atoms with E-state index in [9.17, 15) is 4.79 Å². The van der Waals surface area contributed by atoms with E-state index in [1.54, 1.807) is 0 Å². The summed E-state index contributed by atoms with van der Waals surface area (Å²) in [5.41, 5.74) is 11.4. The lowest BCUT2D eigenvalue weighted by Crippen LogP contribution is -2.13. The van der Waals surface area contributed by atoms with Crippen molar-refractivity contribution in [3.05, 3.63) is 11.4 Å². The van der Waals surface area contributed by atoms with Gasteiger partial charge in [0, 0.05) is 0 Å². The Morgan fingerprint density at radius 1 is 1.33 bits per heavy atom. The number of hydrogen-bond donors (Lipinski definition) is 2. The van der Waals surface area contributed by atoms with Crippen LogP contribution in [0.3, 0.4) is 0 Å². The lowest BCUT2D eigenvalue weighted by Gasteiger charge is -2.04. The van der Waals surface area contributed by atoms with Gasteiger partial charge in [-0.05, 0) is 22.7 Å². The molecule has 0 radical (unpaired) electrons. The number of carbonyl (C=O) groups excluding carboxylic acids is 1. The van der Waals surface area contributed by atoms with E-state index in [1.807, 2.05) is 0 Å². The van der Waals surface area contributed by atoms with Gasteiger partial charge in [-0.15, -0.1) is 0 Å². The summed E-state index contributed by atoms with van der Waals surface area (Å²) in [6, 6.07) is 0. The fraction of sp³-hybridized carbons (Fsp3) is 0.364. The first-order valence-electron chi connectivity index (χ1n) is 5.00. The zero-order valence-corrected chi connectivity index (χ0v) is 11.3. The highest BCUT2D eigenvalue weighted by Crippen LogP contribution is 2.12. The molecule has 1 rings (SSSR count). The highest BCUT2D eigenvalue weighted by molar-refractivity contribution is 7.95. The third kappa shape index (κ3) is 3.53. The summed E-state index contributed by atoms with van der Waals surface area (Å²) >= 11 is 0. The molecule has 0 aliphatic heterocycles. The van der Waals surface area contributed by atoms with Crippen LogP contribution in [-0.4, -0.2) is 41.3 Å². The van der Waals surface area contributed by atoms with E-state index in [0.29, 0.717) is 0 Å². The molecule has 1 aromatic heterocycles. The molecule has 0 saturated carbocycles. The van der Waals surface area contributed by atoms with Crippen LogP contribution in [0.15, 0.2) is 0 Å². The third-order valence-electron chi connectivity index (χ3n) is 1.90. The van der Waals surface area contributed by atoms with Crippen LogP contribution in [0.25, 0.3) is 0 Å². The van der Waals surface area contributed by atoms with Gasteiger partial charge in [0.15, 0.2) is 28.8 Å². The number of esters is 1. The quantitative estimate of drug-likeness (QED) is 0.431. The Balaban J connectivity index is 3.11. The van der Waals surface area contributed by atoms with E-state index < -0.39 is 5.97 Å². The molecule has 1 heterocycles. The second-order valence-electron chi connectivity index (χ2n) is 3.61. The highest BCUT2D eigenvalue weighted by Gasteiger charge is 2.16. The summed E-state index contributed by atoms with van der Waals surface area (Å²) < 4.78 is 4.55. The van der Waals surface area contributed by atoms with Gasteiger partial charge in [-0.1, -0.05) is 0 Å². The smallest absolute Gasteiger partial charge is 0.360 e. The molecule has 0 amide bonds. The lowest BCUT2D eigenvalue weighted by molar-refractivity contribution is 0.0595. The summed E-state index contributed by atoms with van der Waals surface area (Å²) in [4.78, 5) is 19.2. The van der Waals surface area contributed by atoms with Crippen molar-refractivity contribution in [3.8, 4) is 11.8 Å². The largest absolute Gasteiger partial charge is 0.464 e. The maximum atomic E-state index is 11.4. The van der Waals surface area contributed by atoms with Crippen molar-refractivity contribution in [2.24, 2.45) is 0 Å². The predicted molar refractivity (Wildman–Crippen MR) is 73.2 cm³/mol. The Kier molecular flexibility index (Phi) is 4.80. The Hall–Kier alpha value is -1.94. The first-order valence-corrected chi connectivity index (χ1v) is 7.21. The maximum Gasteiger partial charge on any atom is 0.360 e. The van der Waals surface area contributed by atoms with E-state index in [2.05, 4.69) is 39.1 Å². The van der Waals surface area contributed by atoms with Crippen LogP contribution in [0.2, 0.25) is 0 Å². The van der Waals surface area contributed by atoms with E-state index in [4.69, 9.17) is 11.5 Å². The topological polar surface area (TPSA) is 104 Å². The van der Waals surface area contributed by atoms with Crippen molar-refractivity contribution in [1.82, 2.24) is 9.97 Å². The maximum absolute atomic E-state index is 11.4. The van der Waals surface area contributed by atoms with Crippen LogP contribution >= 0.6 is 0 Å². The van der Waals surface area contributed by atoms with Crippen LogP contribution in [0, 0.1) is 11.8 Å². The summed E-state index contributed by atoms with van der Waals surface area (Å²) in [6.45, 7) is 0. The van der Waals surface area contributed by atoms with Crippen LogP contribution in [-0.2, 0) is 15.6 Å². The van der Waals surface area contributed by atoms with Gasteiger partial charge in [-0.3, -0.25) is 0 Å². The van der Waals surface area contributed by atoms with E-state index >= 15 is 0 Å². The number of nitrogens with two attached hydrogens (primary N) is 2. The zero-order valence-electron chi connectivity index (χ0n) is 10.5. The minimum atomic E-state index is -0.659. The minimum absolute atomic E-state index is 0.0596. The monoisotopic (exact) mass is 267 g/mol. The van der Waals surface area contributed by atoms with Gasteiger partial charge in [-0.2, -0.15) is 0 Å². The van der Waals surface area contributed by atoms with Crippen LogP contribution in [0.4, 0.5) is 11.6 Å². The predicted octanol–water partition coefficient (Wildman–Crippen LogP) is -0.343. The van der Waals surface area contributed by atoms with Gasteiger partial charge in [0.05, 0.1) is 19.6 Å². The molecule has 96 valence electrons. The zero-order chi connectivity index (χ0) is 13.7. The number of nitrogens with zero attached hydrogens (tertiary/aromatic N) is 2. The second kappa shape index (κ2) is 6.12. The molecule has 1 aromatic rings. The summed E-state index contributed by atoms with van der Waals surface area (Å²) in [6.07, 6.45) is 4.15. The molecule has 0 saturated heterocycles. The van der Waals surface area contributed by atoms with Crippen molar-refractivity contribution in [2.45, 2.75) is 0 Å². The number of carbonyl (C=O) groups is 1. The number of anilines is 2. The number of aromatic nitrogens is 2. The van der Waals surface area contributed by atoms with Crippen LogP contribution in [0.5, 0.6) is 0 Å². The van der Waals surface area contributed by atoms with E-state index in [0.717, 1.165) is 5.75 Å². The van der Waals surface area contributed by atoms with Crippen LogP contribution < -0.4 is 11.5 Å². The second-order valence-corrected chi connectivity index (χ2v) is 5.87. The van der Waals surface area contributed by atoms with E-state index in [1.165, 1.54) is 7.11 Å². The number of rotatable bonds is 2. The molecule has 0 aromatic carbocycles. The van der Waals surface area contributed by atoms with Gasteiger partial charge < -0.3 is 16.2 Å².